The molecule has 5 aliphatic rings. The molecule has 298 valence electrons. The standard InChI is InChI=1S/C43H65N5O6/c1-26(2)28(5)38(6)17-18-40(8)30-11-12-33-39(7)22-52-24-43(33,31(30)13-16-41(40,9)36(38)54-37(49)50)21-32(34(39)53-23-42(10,44)27(3)4)48-35(45-25-46-48)29-14-19-47(51)20-15-29/h13-15,19-20,25-28,30,32-34,36H,11-12,16-18,21-24,44H2,1-10H3,(H,49,50)/t28-,30+,32-,33+,34+,36-,38-,39-,40-,41-,42+,43+/m1/s1. The molecule has 3 saturated carbocycles. The quantitative estimate of drug-likeness (QED) is 0.113. The molecule has 0 aromatic carbocycles. The zero-order valence-corrected chi connectivity index (χ0v) is 34.3. The Balaban J connectivity index is 1.35. The van der Waals surface area contributed by atoms with Gasteiger partial charge in [0.25, 0.3) is 0 Å². The van der Waals surface area contributed by atoms with Crippen molar-refractivity contribution in [2.45, 2.75) is 132 Å². The predicted octanol–water partition coefficient (Wildman–Crippen LogP) is 7.83. The summed E-state index contributed by atoms with van der Waals surface area (Å²) in [6, 6.07) is 3.41. The Hall–Kier alpha value is -3.02. The summed E-state index contributed by atoms with van der Waals surface area (Å²) in [5, 5.41) is 27.2. The molecule has 11 heteroatoms. The molecule has 1 aliphatic heterocycles. The van der Waals surface area contributed by atoms with E-state index < -0.39 is 17.8 Å². The summed E-state index contributed by atoms with van der Waals surface area (Å²) in [4.78, 5) is 17.3. The highest BCUT2D eigenvalue weighted by molar-refractivity contribution is 5.57. The molecule has 1 saturated heterocycles. The summed E-state index contributed by atoms with van der Waals surface area (Å²) in [6.45, 7) is 24.1. The van der Waals surface area contributed by atoms with E-state index in [1.807, 2.05) is 0 Å². The Morgan fingerprint density at radius 1 is 1.11 bits per heavy atom. The number of nitrogens with zero attached hydrogens (tertiary/aromatic N) is 4. The van der Waals surface area contributed by atoms with Gasteiger partial charge in [0, 0.05) is 44.9 Å². The number of ether oxygens (including phenoxy) is 3. The smallest absolute Gasteiger partial charge is 0.506 e. The van der Waals surface area contributed by atoms with Crippen LogP contribution in [-0.4, -0.2) is 63.6 Å². The zero-order valence-electron chi connectivity index (χ0n) is 34.3. The number of rotatable bonds is 9. The van der Waals surface area contributed by atoms with Crippen molar-refractivity contribution in [2.24, 2.45) is 62.4 Å². The molecular weight excluding hydrogens is 683 g/mol. The molecule has 3 N–H and O–H groups in total. The molecule has 0 unspecified atom stereocenters. The van der Waals surface area contributed by atoms with Gasteiger partial charge in [0.1, 0.15) is 12.4 Å². The predicted molar refractivity (Wildman–Crippen MR) is 206 cm³/mol. The molecule has 0 spiro atoms. The van der Waals surface area contributed by atoms with Gasteiger partial charge in [-0.15, -0.1) is 0 Å². The fourth-order valence-corrected chi connectivity index (χ4v) is 12.6. The van der Waals surface area contributed by atoms with Crippen LogP contribution in [0.2, 0.25) is 0 Å². The van der Waals surface area contributed by atoms with Crippen molar-refractivity contribution < 1.29 is 28.8 Å². The minimum atomic E-state index is -1.18. The van der Waals surface area contributed by atoms with Crippen molar-refractivity contribution in [2.75, 3.05) is 19.8 Å². The Bertz CT molecular complexity index is 1760. The van der Waals surface area contributed by atoms with Crippen molar-refractivity contribution in [3.8, 4) is 11.4 Å². The third kappa shape index (κ3) is 5.67. The van der Waals surface area contributed by atoms with Crippen molar-refractivity contribution >= 4 is 6.16 Å². The number of hydrogen-bond acceptors (Lipinski definition) is 8. The van der Waals surface area contributed by atoms with E-state index in [1.54, 1.807) is 18.5 Å². The van der Waals surface area contributed by atoms with Gasteiger partial charge in [-0.1, -0.05) is 74.0 Å². The van der Waals surface area contributed by atoms with Crippen LogP contribution in [-0.2, 0) is 14.2 Å². The third-order valence-electron chi connectivity index (χ3n) is 16.8. The first-order valence-electron chi connectivity index (χ1n) is 20.4. The largest absolute Gasteiger partial charge is 0.619 e. The second-order valence-electron chi connectivity index (χ2n) is 20.0. The molecule has 2 aromatic heterocycles. The lowest BCUT2D eigenvalue weighted by atomic mass is 9.35. The number of allylic oxidation sites excluding steroid dienone is 1. The molecule has 0 amide bonds. The Kier molecular flexibility index (Phi) is 9.65. The molecular formula is C43H65N5O6. The van der Waals surface area contributed by atoms with Crippen molar-refractivity contribution in [3.05, 3.63) is 47.7 Å². The maximum Gasteiger partial charge on any atom is 0.506 e. The number of carbonyl (C=O) groups is 1. The van der Waals surface area contributed by atoms with Gasteiger partial charge in [-0.3, -0.25) is 0 Å². The van der Waals surface area contributed by atoms with E-state index in [1.165, 1.54) is 18.0 Å². The zero-order chi connectivity index (χ0) is 39.2. The van der Waals surface area contributed by atoms with Gasteiger partial charge in [-0.2, -0.15) is 9.83 Å². The number of pyridine rings is 1. The lowest BCUT2D eigenvalue weighted by Gasteiger charge is -2.71. The molecule has 7 rings (SSSR count). The van der Waals surface area contributed by atoms with Crippen LogP contribution in [0, 0.1) is 61.9 Å². The molecule has 54 heavy (non-hydrogen) atoms. The summed E-state index contributed by atoms with van der Waals surface area (Å²) in [5.41, 5.74) is 7.16. The molecule has 12 atom stereocenters. The van der Waals surface area contributed by atoms with E-state index in [-0.39, 0.29) is 57.0 Å². The molecule has 0 radical (unpaired) electrons. The third-order valence-corrected chi connectivity index (χ3v) is 16.8. The van der Waals surface area contributed by atoms with Crippen molar-refractivity contribution in [1.29, 1.82) is 0 Å². The van der Waals surface area contributed by atoms with Gasteiger partial charge in [0.05, 0.1) is 32.0 Å². The average Bonchev–Trinajstić information content (AvgIpc) is 3.59. The van der Waals surface area contributed by atoms with E-state index in [0.717, 1.165) is 48.8 Å². The molecule has 4 fully saturated rings. The topological polar surface area (TPSA) is 149 Å². The van der Waals surface area contributed by atoms with Crippen LogP contribution in [0.15, 0.2) is 42.5 Å². The Morgan fingerprint density at radius 2 is 1.81 bits per heavy atom. The van der Waals surface area contributed by atoms with Crippen LogP contribution in [0.3, 0.4) is 0 Å². The van der Waals surface area contributed by atoms with Crippen LogP contribution in [0.4, 0.5) is 4.79 Å². The average molecular weight is 748 g/mol. The minimum absolute atomic E-state index is 0.180. The molecule has 3 heterocycles. The van der Waals surface area contributed by atoms with Crippen LogP contribution in [0.5, 0.6) is 0 Å². The Labute approximate surface area is 322 Å². The second kappa shape index (κ2) is 13.3. The van der Waals surface area contributed by atoms with E-state index in [9.17, 15) is 15.1 Å². The van der Waals surface area contributed by atoms with Crippen molar-refractivity contribution in [3.63, 3.8) is 0 Å². The normalized spacial score (nSPS) is 40.5. The first kappa shape index (κ1) is 39.2. The van der Waals surface area contributed by atoms with Gasteiger partial charge >= 0.3 is 6.16 Å². The highest BCUT2D eigenvalue weighted by Gasteiger charge is 2.72. The number of hydrogen-bond donors (Lipinski definition) is 2. The fourth-order valence-electron chi connectivity index (χ4n) is 12.6. The number of fused-ring (bicyclic) bond motifs is 3. The SMILES string of the molecule is CC(C)[C@@H](C)[C@@]1(C)CC[C@]2(C)[C@H]3CC[C@@H]4[C@@]5(COC[C@@]4(C)[C@@H](OC[C@](C)(N)C(C)C)[C@H](n4ncnc4-c4cc[n+]([O-])cc4)C5)C3=CC[C@]2(C)[C@@H]1OC(=O)O. The van der Waals surface area contributed by atoms with Crippen LogP contribution in [0.25, 0.3) is 11.4 Å². The first-order chi connectivity index (χ1) is 25.2. The van der Waals surface area contributed by atoms with Gasteiger partial charge < -0.3 is 30.3 Å². The van der Waals surface area contributed by atoms with E-state index >= 15 is 0 Å². The highest BCUT2D eigenvalue weighted by Crippen LogP contribution is 2.74. The summed E-state index contributed by atoms with van der Waals surface area (Å²) >= 11 is 0. The molecule has 11 nitrogen and oxygen atoms in total. The van der Waals surface area contributed by atoms with E-state index in [0.29, 0.717) is 37.5 Å². The van der Waals surface area contributed by atoms with Crippen molar-refractivity contribution in [1.82, 2.24) is 14.8 Å². The van der Waals surface area contributed by atoms with Crippen LogP contribution in [0.1, 0.15) is 114 Å². The maximum atomic E-state index is 12.5. The number of nitrogens with two attached hydrogens (primary N) is 1. The highest BCUT2D eigenvalue weighted by atomic mass is 16.7. The van der Waals surface area contributed by atoms with Gasteiger partial charge in [-0.25, -0.2) is 14.5 Å². The van der Waals surface area contributed by atoms with Crippen LogP contribution < -0.4 is 10.5 Å². The number of aromatic nitrogens is 4. The summed E-state index contributed by atoms with van der Waals surface area (Å²) in [6.07, 6.45) is 10.7. The van der Waals surface area contributed by atoms with Gasteiger partial charge in [-0.05, 0) is 80.5 Å². The van der Waals surface area contributed by atoms with Gasteiger partial charge in [0.2, 0.25) is 0 Å². The summed E-state index contributed by atoms with van der Waals surface area (Å²) in [5.74, 6) is 2.16. The van der Waals surface area contributed by atoms with Crippen LogP contribution >= 0.6 is 0 Å². The van der Waals surface area contributed by atoms with E-state index in [4.69, 9.17) is 30.0 Å². The Morgan fingerprint density at radius 3 is 2.46 bits per heavy atom. The van der Waals surface area contributed by atoms with E-state index in [2.05, 4.69) is 80.0 Å². The molecule has 2 bridgehead atoms. The fraction of sp³-hybridized carbons (Fsp3) is 0.767. The molecule has 2 aromatic rings. The molecule has 4 aliphatic carbocycles. The number of carboxylic acid groups (broad SMARTS) is 1. The summed E-state index contributed by atoms with van der Waals surface area (Å²) < 4.78 is 22.8. The summed E-state index contributed by atoms with van der Waals surface area (Å²) in [7, 11) is 0. The first-order valence-corrected chi connectivity index (χ1v) is 20.4. The second-order valence-corrected chi connectivity index (χ2v) is 20.0. The maximum absolute atomic E-state index is 12.5. The lowest BCUT2D eigenvalue weighted by Crippen LogP contribution is -2.70. The monoisotopic (exact) mass is 747 g/mol. The minimum Gasteiger partial charge on any atom is -0.619 e. The van der Waals surface area contributed by atoms with Gasteiger partial charge in [0.15, 0.2) is 18.2 Å². The lowest BCUT2D eigenvalue weighted by molar-refractivity contribution is -0.605.